The lowest BCUT2D eigenvalue weighted by Crippen LogP contribution is -2.22. The minimum absolute atomic E-state index is 0.138. The molecule has 0 aromatic rings. The van der Waals surface area contributed by atoms with Crippen LogP contribution in [0.5, 0.6) is 0 Å². The summed E-state index contributed by atoms with van der Waals surface area (Å²) < 4.78 is 21.3. The van der Waals surface area contributed by atoms with Crippen molar-refractivity contribution in [2.75, 3.05) is 5.75 Å². The van der Waals surface area contributed by atoms with Gasteiger partial charge in [0.15, 0.2) is 0 Å². The molecular formula is C7H13ClO4S. The van der Waals surface area contributed by atoms with Crippen LogP contribution in [0.25, 0.3) is 0 Å². The van der Waals surface area contributed by atoms with Crippen LogP contribution in [0, 0.1) is 11.8 Å². The van der Waals surface area contributed by atoms with Crippen LogP contribution >= 0.6 is 10.7 Å². The number of halogens is 1. The van der Waals surface area contributed by atoms with Crippen molar-refractivity contribution < 1.29 is 18.3 Å². The fourth-order valence-corrected chi connectivity index (χ4v) is 2.27. The van der Waals surface area contributed by atoms with Crippen molar-refractivity contribution >= 4 is 25.7 Å². The van der Waals surface area contributed by atoms with Crippen LogP contribution in [0.15, 0.2) is 0 Å². The van der Waals surface area contributed by atoms with Crippen LogP contribution in [0.1, 0.15) is 20.3 Å². The smallest absolute Gasteiger partial charge is 0.307 e. The van der Waals surface area contributed by atoms with Crippen molar-refractivity contribution in [1.29, 1.82) is 0 Å². The van der Waals surface area contributed by atoms with Gasteiger partial charge in [0.25, 0.3) is 0 Å². The van der Waals surface area contributed by atoms with Gasteiger partial charge in [-0.2, -0.15) is 0 Å². The molecule has 0 saturated heterocycles. The molecule has 78 valence electrons. The summed E-state index contributed by atoms with van der Waals surface area (Å²) in [5, 5.41) is 8.66. The Morgan fingerprint density at radius 3 is 2.15 bits per heavy atom. The zero-order chi connectivity index (χ0) is 10.6. The summed E-state index contributed by atoms with van der Waals surface area (Å²) in [6.07, 6.45) is 0.321. The molecule has 0 aromatic carbocycles. The van der Waals surface area contributed by atoms with Crippen molar-refractivity contribution in [1.82, 2.24) is 0 Å². The first-order valence-electron chi connectivity index (χ1n) is 3.87. The Morgan fingerprint density at radius 1 is 1.46 bits per heavy atom. The number of carboxylic acid groups (broad SMARTS) is 1. The van der Waals surface area contributed by atoms with E-state index in [4.69, 9.17) is 15.8 Å². The largest absolute Gasteiger partial charge is 0.481 e. The Hall–Kier alpha value is -0.290. The van der Waals surface area contributed by atoms with Crippen LogP contribution in [-0.4, -0.2) is 25.2 Å². The zero-order valence-electron chi connectivity index (χ0n) is 7.53. The van der Waals surface area contributed by atoms with E-state index in [9.17, 15) is 13.2 Å². The van der Waals surface area contributed by atoms with Crippen molar-refractivity contribution in [3.63, 3.8) is 0 Å². The van der Waals surface area contributed by atoms with Gasteiger partial charge in [-0.3, -0.25) is 4.79 Å². The Kier molecular flexibility index (Phi) is 4.70. The molecule has 0 bridgehead atoms. The molecule has 0 aliphatic carbocycles. The molecule has 0 heterocycles. The van der Waals surface area contributed by atoms with E-state index in [-0.39, 0.29) is 5.92 Å². The molecule has 0 spiro atoms. The molecular weight excluding hydrogens is 216 g/mol. The number of rotatable bonds is 5. The molecule has 4 nitrogen and oxygen atoms in total. The zero-order valence-corrected chi connectivity index (χ0v) is 9.10. The van der Waals surface area contributed by atoms with E-state index in [1.165, 1.54) is 0 Å². The van der Waals surface area contributed by atoms with E-state index in [0.29, 0.717) is 6.42 Å². The van der Waals surface area contributed by atoms with Gasteiger partial charge in [-0.25, -0.2) is 8.42 Å². The molecule has 0 amide bonds. The minimum Gasteiger partial charge on any atom is -0.481 e. The first-order chi connectivity index (χ1) is 5.72. The fourth-order valence-electron chi connectivity index (χ4n) is 1.05. The molecule has 0 saturated carbocycles. The maximum atomic E-state index is 10.6. The lowest BCUT2D eigenvalue weighted by molar-refractivity contribution is -0.141. The average Bonchev–Trinajstić information content (AvgIpc) is 1.81. The van der Waals surface area contributed by atoms with Gasteiger partial charge in [-0.15, -0.1) is 0 Å². The SMILES string of the molecule is CC(C)CC(CS(=O)(=O)Cl)C(=O)O. The Morgan fingerprint density at radius 2 is 1.92 bits per heavy atom. The van der Waals surface area contributed by atoms with E-state index in [1.807, 2.05) is 13.8 Å². The van der Waals surface area contributed by atoms with Gasteiger partial charge in [-0.1, -0.05) is 13.8 Å². The standard InChI is InChI=1S/C7H13ClO4S/c1-5(2)3-6(7(9)10)4-13(8,11)12/h5-6H,3-4H2,1-2H3,(H,9,10). The highest BCUT2D eigenvalue weighted by Gasteiger charge is 2.24. The van der Waals surface area contributed by atoms with Crippen LogP contribution in [0.4, 0.5) is 0 Å². The molecule has 6 heteroatoms. The Balaban J connectivity index is 4.37. The summed E-state index contributed by atoms with van der Waals surface area (Å²) in [6, 6.07) is 0. The van der Waals surface area contributed by atoms with E-state index in [1.54, 1.807) is 0 Å². The number of hydrogen-bond donors (Lipinski definition) is 1. The van der Waals surface area contributed by atoms with E-state index >= 15 is 0 Å². The minimum atomic E-state index is -3.72. The Bertz CT molecular complexity index is 270. The highest BCUT2D eigenvalue weighted by molar-refractivity contribution is 8.13. The third-order valence-corrected chi connectivity index (χ3v) is 2.68. The van der Waals surface area contributed by atoms with Gasteiger partial charge in [0.05, 0.1) is 11.7 Å². The summed E-state index contributed by atoms with van der Waals surface area (Å²) in [4.78, 5) is 10.6. The molecule has 13 heavy (non-hydrogen) atoms. The molecule has 1 N–H and O–H groups in total. The summed E-state index contributed by atoms with van der Waals surface area (Å²) in [5.41, 5.74) is 0. The summed E-state index contributed by atoms with van der Waals surface area (Å²) in [6.45, 7) is 3.66. The average molecular weight is 229 g/mol. The normalized spacial score (nSPS) is 14.5. The van der Waals surface area contributed by atoms with E-state index in [2.05, 4.69) is 0 Å². The quantitative estimate of drug-likeness (QED) is 0.720. The maximum absolute atomic E-state index is 10.6. The van der Waals surface area contributed by atoms with Crippen molar-refractivity contribution in [3.05, 3.63) is 0 Å². The van der Waals surface area contributed by atoms with Gasteiger partial charge >= 0.3 is 5.97 Å². The highest BCUT2D eigenvalue weighted by atomic mass is 35.7. The first-order valence-corrected chi connectivity index (χ1v) is 6.35. The van der Waals surface area contributed by atoms with E-state index < -0.39 is 26.7 Å². The van der Waals surface area contributed by atoms with E-state index in [0.717, 1.165) is 0 Å². The molecule has 0 rings (SSSR count). The maximum Gasteiger partial charge on any atom is 0.307 e. The van der Waals surface area contributed by atoms with Gasteiger partial charge in [0.2, 0.25) is 9.05 Å². The molecule has 1 atom stereocenters. The Labute approximate surface area is 82.3 Å². The molecule has 0 fully saturated rings. The lowest BCUT2D eigenvalue weighted by Gasteiger charge is -2.12. The summed E-state index contributed by atoms with van der Waals surface area (Å²) in [7, 11) is 1.24. The molecule has 0 aromatic heterocycles. The topological polar surface area (TPSA) is 71.4 Å². The van der Waals surface area contributed by atoms with Crippen LogP contribution in [-0.2, 0) is 13.8 Å². The fraction of sp³-hybridized carbons (Fsp3) is 0.857. The van der Waals surface area contributed by atoms with Crippen molar-refractivity contribution in [2.24, 2.45) is 11.8 Å². The molecule has 1 unspecified atom stereocenters. The second-order valence-electron chi connectivity index (χ2n) is 3.37. The monoisotopic (exact) mass is 228 g/mol. The van der Waals surface area contributed by atoms with Crippen LogP contribution in [0.3, 0.4) is 0 Å². The summed E-state index contributed by atoms with van der Waals surface area (Å²) in [5.74, 6) is -2.37. The number of aliphatic carboxylic acids is 1. The summed E-state index contributed by atoms with van der Waals surface area (Å²) >= 11 is 0. The van der Waals surface area contributed by atoms with Crippen molar-refractivity contribution in [2.45, 2.75) is 20.3 Å². The lowest BCUT2D eigenvalue weighted by atomic mass is 9.99. The predicted octanol–water partition coefficient (Wildman–Crippen LogP) is 1.30. The number of carbonyl (C=O) groups is 1. The second kappa shape index (κ2) is 4.81. The van der Waals surface area contributed by atoms with Crippen LogP contribution in [0.2, 0.25) is 0 Å². The second-order valence-corrected chi connectivity index (χ2v) is 6.19. The van der Waals surface area contributed by atoms with Gasteiger partial charge in [0.1, 0.15) is 0 Å². The molecule has 0 aliphatic heterocycles. The molecule has 0 radical (unpaired) electrons. The van der Waals surface area contributed by atoms with Gasteiger partial charge in [-0.05, 0) is 12.3 Å². The van der Waals surface area contributed by atoms with Crippen molar-refractivity contribution in [3.8, 4) is 0 Å². The highest BCUT2D eigenvalue weighted by Crippen LogP contribution is 2.15. The number of carboxylic acids is 1. The third-order valence-electron chi connectivity index (χ3n) is 1.51. The predicted molar refractivity (Wildman–Crippen MR) is 50.2 cm³/mol. The van der Waals surface area contributed by atoms with Crippen LogP contribution < -0.4 is 0 Å². The first kappa shape index (κ1) is 12.7. The van der Waals surface area contributed by atoms with Gasteiger partial charge in [0, 0.05) is 10.7 Å². The van der Waals surface area contributed by atoms with Gasteiger partial charge < -0.3 is 5.11 Å². The molecule has 0 aliphatic rings. The third kappa shape index (κ3) is 6.83. The number of hydrogen-bond acceptors (Lipinski definition) is 3.